The molecule has 0 amide bonds. The van der Waals surface area contributed by atoms with E-state index in [1.807, 2.05) is 30.3 Å². The summed E-state index contributed by atoms with van der Waals surface area (Å²) in [6, 6.07) is 62.5. The minimum absolute atomic E-state index is 0.547. The highest BCUT2D eigenvalue weighted by Gasteiger charge is 2.44. The first kappa shape index (κ1) is 27.6. The van der Waals surface area contributed by atoms with Crippen molar-refractivity contribution in [3.63, 3.8) is 0 Å². The van der Waals surface area contributed by atoms with Gasteiger partial charge in [0.1, 0.15) is 5.69 Å². The lowest BCUT2D eigenvalue weighted by atomic mass is 9.62. The fourth-order valence-corrected chi connectivity index (χ4v) is 7.97. The number of hydrogen-bond donors (Lipinski definition) is 1. The summed E-state index contributed by atoms with van der Waals surface area (Å²) in [7, 11) is 0. The van der Waals surface area contributed by atoms with Crippen molar-refractivity contribution in [2.24, 2.45) is 0 Å². The molecule has 9 aromatic rings. The van der Waals surface area contributed by atoms with Crippen molar-refractivity contribution in [3.8, 4) is 17.1 Å². The van der Waals surface area contributed by atoms with E-state index in [0.717, 1.165) is 50.5 Å². The van der Waals surface area contributed by atoms with E-state index in [-0.39, 0.29) is 0 Å². The Labute approximate surface area is 284 Å². The molecule has 10 rings (SSSR count). The van der Waals surface area contributed by atoms with Crippen LogP contribution in [0.5, 0.6) is 0 Å². The van der Waals surface area contributed by atoms with Crippen LogP contribution in [0.4, 0.5) is 11.4 Å². The van der Waals surface area contributed by atoms with Crippen LogP contribution in [-0.2, 0) is 5.41 Å². The summed E-state index contributed by atoms with van der Waals surface area (Å²) in [6.07, 6.45) is 0. The maximum atomic E-state index is 5.35. The van der Waals surface area contributed by atoms with Gasteiger partial charge in [0.05, 0.1) is 27.5 Å². The molecule has 0 atom stereocenters. The molecule has 4 heteroatoms. The highest BCUT2D eigenvalue weighted by atomic mass is 15.1. The van der Waals surface area contributed by atoms with Gasteiger partial charge in [-0.1, -0.05) is 140 Å². The lowest BCUT2D eigenvalue weighted by molar-refractivity contribution is 0.742. The second-order valence-electron chi connectivity index (χ2n) is 12.7. The maximum Gasteiger partial charge on any atom is 0.165 e. The molecule has 230 valence electrons. The standard InChI is InChI=1S/C45H30N4/c1-4-16-30(17-5-1)43-44(48-39-26-14-13-25-38(39)47-43)49-41-27-15-10-22-33(41)34-28-36-40(29-42(34)49)46-37-24-12-11-23-35(37)45(36,31-18-6-2-7-19-31)32-20-8-3-9-21-32/h1-29,46H. The zero-order valence-corrected chi connectivity index (χ0v) is 26.6. The van der Waals surface area contributed by atoms with Crippen molar-refractivity contribution >= 4 is 44.2 Å². The molecule has 1 aliphatic rings. The Morgan fingerprint density at radius 1 is 0.449 bits per heavy atom. The van der Waals surface area contributed by atoms with Crippen LogP contribution in [-0.4, -0.2) is 14.5 Å². The lowest BCUT2D eigenvalue weighted by Gasteiger charge is -2.42. The maximum absolute atomic E-state index is 5.35. The highest BCUT2D eigenvalue weighted by Crippen LogP contribution is 2.55. The Balaban J connectivity index is 1.35. The molecule has 49 heavy (non-hydrogen) atoms. The third-order valence-electron chi connectivity index (χ3n) is 10.0. The number of aromatic nitrogens is 3. The Bertz CT molecular complexity index is 2640. The largest absolute Gasteiger partial charge is 0.355 e. The average Bonchev–Trinajstić information content (AvgIpc) is 3.49. The summed E-state index contributed by atoms with van der Waals surface area (Å²) >= 11 is 0. The number of rotatable bonds is 4. The van der Waals surface area contributed by atoms with Crippen LogP contribution >= 0.6 is 0 Å². The highest BCUT2D eigenvalue weighted by molar-refractivity contribution is 6.11. The molecule has 0 spiro atoms. The number of nitrogens with one attached hydrogen (secondary N) is 1. The van der Waals surface area contributed by atoms with Crippen molar-refractivity contribution in [3.05, 3.63) is 198 Å². The molecule has 7 aromatic carbocycles. The predicted octanol–water partition coefficient (Wildman–Crippen LogP) is 10.8. The number of para-hydroxylation sites is 4. The SMILES string of the molecule is c1ccc(-c2nc3ccccc3nc2-n2c3ccccc3c3cc4c(cc32)Nc2ccccc2C4(c2ccccc2)c2ccccc2)cc1. The molecular weight excluding hydrogens is 597 g/mol. The number of anilines is 2. The van der Waals surface area contributed by atoms with Crippen molar-refractivity contribution in [2.45, 2.75) is 5.41 Å². The zero-order chi connectivity index (χ0) is 32.4. The molecule has 1 aliphatic heterocycles. The Morgan fingerprint density at radius 2 is 1.04 bits per heavy atom. The van der Waals surface area contributed by atoms with E-state index < -0.39 is 5.41 Å². The second kappa shape index (κ2) is 10.8. The fourth-order valence-electron chi connectivity index (χ4n) is 7.97. The van der Waals surface area contributed by atoms with Crippen LogP contribution < -0.4 is 5.32 Å². The number of benzene rings is 7. The topological polar surface area (TPSA) is 42.7 Å². The third kappa shape index (κ3) is 4.04. The number of hydrogen-bond acceptors (Lipinski definition) is 3. The molecule has 0 aliphatic carbocycles. The van der Waals surface area contributed by atoms with E-state index in [2.05, 4.69) is 155 Å². The number of nitrogens with zero attached hydrogens (tertiary/aromatic N) is 3. The summed E-state index contributed by atoms with van der Waals surface area (Å²) in [5.74, 6) is 0.810. The Morgan fingerprint density at radius 3 is 1.78 bits per heavy atom. The minimum Gasteiger partial charge on any atom is -0.355 e. The van der Waals surface area contributed by atoms with Gasteiger partial charge in [-0.05, 0) is 58.7 Å². The van der Waals surface area contributed by atoms with Gasteiger partial charge < -0.3 is 5.32 Å². The van der Waals surface area contributed by atoms with Crippen LogP contribution in [0.2, 0.25) is 0 Å². The first-order chi connectivity index (χ1) is 24.3. The summed E-state index contributed by atoms with van der Waals surface area (Å²) < 4.78 is 2.31. The van der Waals surface area contributed by atoms with Crippen molar-refractivity contribution < 1.29 is 0 Å². The Hall–Kier alpha value is -6.52. The van der Waals surface area contributed by atoms with E-state index in [4.69, 9.17) is 9.97 Å². The predicted molar refractivity (Wildman–Crippen MR) is 201 cm³/mol. The Kier molecular flexibility index (Phi) is 6.06. The van der Waals surface area contributed by atoms with E-state index >= 15 is 0 Å². The average molecular weight is 627 g/mol. The van der Waals surface area contributed by atoms with Gasteiger partial charge in [-0.15, -0.1) is 0 Å². The molecule has 0 radical (unpaired) electrons. The fraction of sp³-hybridized carbons (Fsp3) is 0.0222. The van der Waals surface area contributed by atoms with Gasteiger partial charge in [0, 0.05) is 27.7 Å². The van der Waals surface area contributed by atoms with Crippen molar-refractivity contribution in [1.29, 1.82) is 0 Å². The summed E-state index contributed by atoms with van der Waals surface area (Å²) in [5.41, 5.74) is 12.3. The molecule has 0 fully saturated rings. The molecule has 0 saturated carbocycles. The molecule has 0 bridgehead atoms. The summed E-state index contributed by atoms with van der Waals surface area (Å²) in [4.78, 5) is 10.6. The van der Waals surface area contributed by atoms with Crippen LogP contribution in [0.3, 0.4) is 0 Å². The number of fused-ring (bicyclic) bond motifs is 6. The molecule has 0 saturated heterocycles. The van der Waals surface area contributed by atoms with Gasteiger partial charge in [-0.2, -0.15) is 0 Å². The summed E-state index contributed by atoms with van der Waals surface area (Å²) in [6.45, 7) is 0. The van der Waals surface area contributed by atoms with Crippen LogP contribution in [0.25, 0.3) is 49.9 Å². The minimum atomic E-state index is -0.547. The van der Waals surface area contributed by atoms with Crippen LogP contribution in [0.15, 0.2) is 176 Å². The van der Waals surface area contributed by atoms with Crippen molar-refractivity contribution in [1.82, 2.24) is 14.5 Å². The second-order valence-corrected chi connectivity index (χ2v) is 12.7. The molecule has 2 aromatic heterocycles. The van der Waals surface area contributed by atoms with Gasteiger partial charge in [-0.25, -0.2) is 9.97 Å². The van der Waals surface area contributed by atoms with E-state index in [1.54, 1.807) is 0 Å². The quantitative estimate of drug-likeness (QED) is 0.211. The van der Waals surface area contributed by atoms with Gasteiger partial charge in [0.25, 0.3) is 0 Å². The van der Waals surface area contributed by atoms with Gasteiger partial charge >= 0.3 is 0 Å². The first-order valence-electron chi connectivity index (χ1n) is 16.7. The van der Waals surface area contributed by atoms with Gasteiger partial charge in [-0.3, -0.25) is 4.57 Å². The lowest BCUT2D eigenvalue weighted by Crippen LogP contribution is -2.35. The monoisotopic (exact) mass is 626 g/mol. The first-order valence-corrected chi connectivity index (χ1v) is 16.7. The van der Waals surface area contributed by atoms with E-state index in [9.17, 15) is 0 Å². The van der Waals surface area contributed by atoms with Gasteiger partial charge in [0.15, 0.2) is 5.82 Å². The molecule has 0 unspecified atom stereocenters. The van der Waals surface area contributed by atoms with Crippen LogP contribution in [0, 0.1) is 0 Å². The van der Waals surface area contributed by atoms with E-state index in [0.29, 0.717) is 0 Å². The summed E-state index contributed by atoms with van der Waals surface area (Å²) in [5, 5.41) is 6.21. The normalized spacial score (nSPS) is 13.2. The van der Waals surface area contributed by atoms with Gasteiger partial charge in [0.2, 0.25) is 0 Å². The zero-order valence-electron chi connectivity index (χ0n) is 26.6. The molecule has 3 heterocycles. The van der Waals surface area contributed by atoms with Crippen LogP contribution in [0.1, 0.15) is 22.3 Å². The smallest absolute Gasteiger partial charge is 0.165 e. The van der Waals surface area contributed by atoms with E-state index in [1.165, 1.54) is 33.0 Å². The third-order valence-corrected chi connectivity index (χ3v) is 10.0. The molecule has 1 N–H and O–H groups in total. The molecule has 4 nitrogen and oxygen atoms in total. The van der Waals surface area contributed by atoms with Crippen molar-refractivity contribution in [2.75, 3.05) is 5.32 Å². The molecular formula is C45H30N4.